The minimum absolute atomic E-state index is 0.156. The Balaban J connectivity index is 1.61. The van der Waals surface area contributed by atoms with Crippen molar-refractivity contribution >= 4 is 23.1 Å². The fraction of sp³-hybridized carbons (Fsp3) is 0.310. The first-order valence-corrected chi connectivity index (χ1v) is 12.4. The van der Waals surface area contributed by atoms with Crippen LogP contribution in [0.3, 0.4) is 0 Å². The average molecular weight is 483 g/mol. The van der Waals surface area contributed by atoms with Crippen molar-refractivity contribution in [1.29, 1.82) is 0 Å². The van der Waals surface area contributed by atoms with Gasteiger partial charge in [0.2, 0.25) is 0 Å². The minimum Gasteiger partial charge on any atom is -0.478 e. The number of para-hydroxylation sites is 1. The second-order valence-corrected chi connectivity index (χ2v) is 9.65. The molecular formula is C29H30N4O3. The van der Waals surface area contributed by atoms with Gasteiger partial charge in [-0.05, 0) is 69.5 Å². The second kappa shape index (κ2) is 9.57. The Bertz CT molecular complexity index is 1560. The number of nitrogens with zero attached hydrogens (tertiary/aromatic N) is 4. The molecule has 2 heterocycles. The summed E-state index contributed by atoms with van der Waals surface area (Å²) in [6.07, 6.45) is 7.22. The van der Waals surface area contributed by atoms with Gasteiger partial charge in [-0.2, -0.15) is 9.78 Å². The summed E-state index contributed by atoms with van der Waals surface area (Å²) < 4.78 is 3.52. The normalized spacial score (nSPS) is 14.6. The van der Waals surface area contributed by atoms with Crippen LogP contribution < -0.4 is 5.56 Å². The third-order valence-electron chi connectivity index (χ3n) is 7.23. The second-order valence-electron chi connectivity index (χ2n) is 9.65. The molecule has 184 valence electrons. The van der Waals surface area contributed by atoms with Crippen molar-refractivity contribution in [2.24, 2.45) is 5.10 Å². The Hall–Kier alpha value is -4.00. The van der Waals surface area contributed by atoms with Crippen LogP contribution >= 0.6 is 0 Å². The molecule has 5 rings (SSSR count). The van der Waals surface area contributed by atoms with E-state index < -0.39 is 5.97 Å². The molecule has 0 radical (unpaired) electrons. The molecule has 4 aromatic rings. The lowest BCUT2D eigenvalue weighted by Crippen LogP contribution is -2.25. The van der Waals surface area contributed by atoms with E-state index in [1.165, 1.54) is 11.1 Å². The maximum absolute atomic E-state index is 13.5. The molecular weight excluding hydrogens is 452 g/mol. The van der Waals surface area contributed by atoms with E-state index in [9.17, 15) is 14.7 Å². The summed E-state index contributed by atoms with van der Waals surface area (Å²) in [5.41, 5.74) is 5.32. The molecule has 36 heavy (non-hydrogen) atoms. The Morgan fingerprint density at radius 2 is 1.81 bits per heavy atom. The molecule has 7 heteroatoms. The minimum atomic E-state index is -0.959. The predicted molar refractivity (Wildman–Crippen MR) is 142 cm³/mol. The van der Waals surface area contributed by atoms with Crippen LogP contribution in [0.25, 0.3) is 16.6 Å². The number of rotatable bonds is 5. The summed E-state index contributed by atoms with van der Waals surface area (Å²) >= 11 is 0. The fourth-order valence-electron chi connectivity index (χ4n) is 5.27. The van der Waals surface area contributed by atoms with Gasteiger partial charge in [-0.3, -0.25) is 4.79 Å². The van der Waals surface area contributed by atoms with Crippen molar-refractivity contribution < 1.29 is 9.90 Å². The number of carboxylic acids is 1. The molecule has 0 unspecified atom stereocenters. The highest BCUT2D eigenvalue weighted by Crippen LogP contribution is 2.32. The van der Waals surface area contributed by atoms with Gasteiger partial charge < -0.3 is 9.67 Å². The SMILES string of the molecule is Cc1ccc(C(=O)O)cc1-n1c(C)cc(C=Nn2c(C3CCCCC3)nc3ccccc3c2=O)c1C. The number of aromatic carboxylic acids is 1. The molecule has 1 fully saturated rings. The molecule has 1 N–H and O–H groups in total. The van der Waals surface area contributed by atoms with Gasteiger partial charge >= 0.3 is 5.97 Å². The summed E-state index contributed by atoms with van der Waals surface area (Å²) in [7, 11) is 0. The monoisotopic (exact) mass is 482 g/mol. The topological polar surface area (TPSA) is 89.5 Å². The van der Waals surface area contributed by atoms with Gasteiger partial charge in [0.1, 0.15) is 5.82 Å². The molecule has 7 nitrogen and oxygen atoms in total. The number of carbonyl (C=O) groups is 1. The first kappa shape index (κ1) is 23.7. The standard InChI is InChI=1S/C29H30N4O3/c1-18-13-14-22(29(35)36)16-26(18)32-19(2)15-23(20(32)3)17-30-33-27(21-9-5-4-6-10-21)31-25-12-8-7-11-24(25)28(33)34/h7-8,11-17,21H,4-6,9-10H2,1-3H3,(H,35,36). The zero-order valence-electron chi connectivity index (χ0n) is 20.9. The smallest absolute Gasteiger partial charge is 0.335 e. The van der Waals surface area contributed by atoms with Crippen LogP contribution in [0.1, 0.15) is 76.7 Å². The summed E-state index contributed by atoms with van der Waals surface area (Å²) in [6.45, 7) is 5.92. The van der Waals surface area contributed by atoms with E-state index in [1.807, 2.05) is 55.7 Å². The first-order valence-electron chi connectivity index (χ1n) is 12.4. The van der Waals surface area contributed by atoms with Crippen molar-refractivity contribution in [3.63, 3.8) is 0 Å². The van der Waals surface area contributed by atoms with Gasteiger partial charge in [-0.15, -0.1) is 0 Å². The van der Waals surface area contributed by atoms with E-state index in [0.29, 0.717) is 10.9 Å². The zero-order valence-corrected chi connectivity index (χ0v) is 20.9. The number of aryl methyl sites for hydroxylation is 2. The van der Waals surface area contributed by atoms with E-state index >= 15 is 0 Å². The molecule has 0 amide bonds. The fourth-order valence-corrected chi connectivity index (χ4v) is 5.27. The molecule has 1 aliphatic rings. The molecule has 0 aliphatic heterocycles. The van der Waals surface area contributed by atoms with Crippen LogP contribution in [0, 0.1) is 20.8 Å². The third kappa shape index (κ3) is 4.26. The van der Waals surface area contributed by atoms with Gasteiger partial charge in [0, 0.05) is 28.6 Å². The number of hydrogen-bond donors (Lipinski definition) is 1. The van der Waals surface area contributed by atoms with E-state index in [4.69, 9.17) is 4.98 Å². The van der Waals surface area contributed by atoms with Gasteiger partial charge in [-0.25, -0.2) is 9.78 Å². The molecule has 2 aromatic heterocycles. The molecule has 0 spiro atoms. The molecule has 1 aliphatic carbocycles. The molecule has 1 saturated carbocycles. The average Bonchev–Trinajstić information content (AvgIpc) is 3.16. The van der Waals surface area contributed by atoms with Crippen LogP contribution in [-0.2, 0) is 0 Å². The third-order valence-corrected chi connectivity index (χ3v) is 7.23. The maximum atomic E-state index is 13.5. The highest BCUT2D eigenvalue weighted by molar-refractivity contribution is 5.89. The number of aromatic nitrogens is 3. The molecule has 0 atom stereocenters. The molecule has 0 saturated heterocycles. The first-order chi connectivity index (χ1) is 17.3. The van der Waals surface area contributed by atoms with Crippen LogP contribution in [0.15, 0.2) is 58.4 Å². The van der Waals surface area contributed by atoms with Gasteiger partial charge in [0.25, 0.3) is 5.56 Å². The Labute approximate surface area is 209 Å². The zero-order chi connectivity index (χ0) is 25.4. The quantitative estimate of drug-likeness (QED) is 0.367. The van der Waals surface area contributed by atoms with Crippen LogP contribution in [-0.4, -0.2) is 31.5 Å². The summed E-state index contributed by atoms with van der Waals surface area (Å²) in [5.74, 6) is -0.0190. The summed E-state index contributed by atoms with van der Waals surface area (Å²) in [5, 5.41) is 14.7. The number of hydrogen-bond acceptors (Lipinski definition) is 4. The van der Waals surface area contributed by atoms with Gasteiger partial charge in [-0.1, -0.05) is 37.5 Å². The van der Waals surface area contributed by atoms with Crippen LogP contribution in [0.2, 0.25) is 0 Å². The van der Waals surface area contributed by atoms with E-state index in [1.54, 1.807) is 24.4 Å². The maximum Gasteiger partial charge on any atom is 0.335 e. The van der Waals surface area contributed by atoms with E-state index in [2.05, 4.69) is 5.10 Å². The summed E-state index contributed by atoms with van der Waals surface area (Å²) in [4.78, 5) is 29.9. The van der Waals surface area contributed by atoms with Crippen molar-refractivity contribution in [3.8, 4) is 5.69 Å². The van der Waals surface area contributed by atoms with Gasteiger partial charge in [0.15, 0.2) is 0 Å². The lowest BCUT2D eigenvalue weighted by atomic mass is 9.88. The van der Waals surface area contributed by atoms with Crippen molar-refractivity contribution in [3.05, 3.63) is 92.8 Å². The van der Waals surface area contributed by atoms with E-state index in [0.717, 1.165) is 59.7 Å². The summed E-state index contributed by atoms with van der Waals surface area (Å²) in [6, 6.07) is 14.6. The number of carboxylic acid groups (broad SMARTS) is 1. The van der Waals surface area contributed by atoms with Crippen LogP contribution in [0.4, 0.5) is 0 Å². The number of fused-ring (bicyclic) bond motifs is 1. The molecule has 2 aromatic carbocycles. The highest BCUT2D eigenvalue weighted by atomic mass is 16.4. The van der Waals surface area contributed by atoms with Gasteiger partial charge in [0.05, 0.1) is 22.7 Å². The van der Waals surface area contributed by atoms with E-state index in [-0.39, 0.29) is 17.0 Å². The number of benzene rings is 2. The Morgan fingerprint density at radius 1 is 1.06 bits per heavy atom. The van der Waals surface area contributed by atoms with Crippen molar-refractivity contribution in [1.82, 2.24) is 14.2 Å². The lowest BCUT2D eigenvalue weighted by Gasteiger charge is -2.22. The highest BCUT2D eigenvalue weighted by Gasteiger charge is 2.22. The predicted octanol–water partition coefficient (Wildman–Crippen LogP) is 5.74. The molecule has 0 bridgehead atoms. The van der Waals surface area contributed by atoms with Crippen molar-refractivity contribution in [2.75, 3.05) is 0 Å². The largest absolute Gasteiger partial charge is 0.478 e. The van der Waals surface area contributed by atoms with Crippen LogP contribution in [0.5, 0.6) is 0 Å². The van der Waals surface area contributed by atoms with Crippen molar-refractivity contribution in [2.45, 2.75) is 58.8 Å². The Morgan fingerprint density at radius 3 is 2.56 bits per heavy atom. The Kier molecular flexibility index (Phi) is 6.31. The lowest BCUT2D eigenvalue weighted by molar-refractivity contribution is 0.0697.